The average molecular weight is 291 g/mol. The molecule has 0 bridgehead atoms. The van der Waals surface area contributed by atoms with E-state index in [0.29, 0.717) is 10.4 Å². The maximum atomic E-state index is 12.3. The van der Waals surface area contributed by atoms with Crippen LogP contribution in [0.2, 0.25) is 0 Å². The highest BCUT2D eigenvalue weighted by Crippen LogP contribution is 2.23. The van der Waals surface area contributed by atoms with Gasteiger partial charge in [0, 0.05) is 11.6 Å². The first-order valence-corrected chi connectivity index (χ1v) is 8.06. The first-order chi connectivity index (χ1) is 9.70. The maximum absolute atomic E-state index is 12.3. The minimum Gasteiger partial charge on any atom is -0.384 e. The summed E-state index contributed by atoms with van der Waals surface area (Å²) in [6.45, 7) is 2.10. The van der Waals surface area contributed by atoms with E-state index in [9.17, 15) is 4.79 Å². The van der Waals surface area contributed by atoms with Crippen LogP contribution in [0, 0.1) is 17.8 Å². The van der Waals surface area contributed by atoms with E-state index < -0.39 is 0 Å². The largest absolute Gasteiger partial charge is 0.384 e. The Bertz CT molecular complexity index is 512. The van der Waals surface area contributed by atoms with Gasteiger partial charge < -0.3 is 10.4 Å². The van der Waals surface area contributed by atoms with Crippen LogP contribution in [-0.4, -0.2) is 23.7 Å². The number of aliphatic hydroxyl groups excluding tert-OH is 1. The second-order valence-corrected chi connectivity index (χ2v) is 6.32. The van der Waals surface area contributed by atoms with E-state index in [2.05, 4.69) is 24.1 Å². The topological polar surface area (TPSA) is 49.3 Å². The quantitative estimate of drug-likeness (QED) is 0.650. The number of amides is 1. The van der Waals surface area contributed by atoms with Crippen molar-refractivity contribution in [3.05, 3.63) is 21.9 Å². The summed E-state index contributed by atoms with van der Waals surface area (Å²) in [7, 11) is 0. The fraction of sp³-hybridized carbons (Fsp3) is 0.562. The molecule has 1 fully saturated rings. The molecule has 1 aromatic heterocycles. The Labute approximate surface area is 124 Å². The van der Waals surface area contributed by atoms with E-state index in [1.807, 2.05) is 11.4 Å². The van der Waals surface area contributed by atoms with Gasteiger partial charge in [-0.25, -0.2) is 0 Å². The third-order valence-electron chi connectivity index (χ3n) is 3.77. The van der Waals surface area contributed by atoms with Gasteiger partial charge in [0.2, 0.25) is 0 Å². The Hall–Kier alpha value is -1.31. The summed E-state index contributed by atoms with van der Waals surface area (Å²) in [6, 6.07) is 2.12. The zero-order valence-corrected chi connectivity index (χ0v) is 12.6. The van der Waals surface area contributed by atoms with Gasteiger partial charge in [0.15, 0.2) is 0 Å². The number of thiophene rings is 1. The van der Waals surface area contributed by atoms with E-state index in [1.54, 1.807) is 0 Å². The molecule has 1 amide bonds. The number of hydrogen-bond acceptors (Lipinski definition) is 3. The number of aliphatic hydroxyl groups is 1. The van der Waals surface area contributed by atoms with Crippen molar-refractivity contribution < 1.29 is 9.90 Å². The van der Waals surface area contributed by atoms with Crippen molar-refractivity contribution in [3.8, 4) is 11.8 Å². The highest BCUT2D eigenvalue weighted by molar-refractivity contribution is 7.12. The molecule has 3 nitrogen and oxygen atoms in total. The summed E-state index contributed by atoms with van der Waals surface area (Å²) in [5.74, 6) is 6.17. The number of nitrogens with one attached hydrogen (secondary N) is 1. The van der Waals surface area contributed by atoms with Gasteiger partial charge in [-0.15, -0.1) is 11.3 Å². The zero-order chi connectivity index (χ0) is 14.4. The van der Waals surface area contributed by atoms with E-state index in [4.69, 9.17) is 5.11 Å². The summed E-state index contributed by atoms with van der Waals surface area (Å²) >= 11 is 1.41. The van der Waals surface area contributed by atoms with Crippen LogP contribution in [0.25, 0.3) is 0 Å². The molecule has 108 valence electrons. The molecule has 4 heteroatoms. The van der Waals surface area contributed by atoms with E-state index in [1.165, 1.54) is 30.6 Å². The lowest BCUT2D eigenvalue weighted by Crippen LogP contribution is -2.34. The van der Waals surface area contributed by atoms with E-state index in [-0.39, 0.29) is 18.6 Å². The molecule has 0 aromatic carbocycles. The SMILES string of the molecule is CC1CCCC(NC(=O)c2sccc2C#CCO)CC1. The molecule has 1 aliphatic carbocycles. The lowest BCUT2D eigenvalue weighted by molar-refractivity contribution is 0.0937. The molecule has 0 radical (unpaired) electrons. The summed E-state index contributed by atoms with van der Waals surface area (Å²) in [5.41, 5.74) is 0.712. The third kappa shape index (κ3) is 4.09. The number of carbonyl (C=O) groups excluding carboxylic acids is 1. The fourth-order valence-electron chi connectivity index (χ4n) is 2.60. The lowest BCUT2D eigenvalue weighted by Gasteiger charge is -2.16. The zero-order valence-electron chi connectivity index (χ0n) is 11.8. The Morgan fingerprint density at radius 1 is 1.45 bits per heavy atom. The Kier molecular flexibility index (Phi) is 5.63. The van der Waals surface area contributed by atoms with E-state index >= 15 is 0 Å². The standard InChI is InChI=1S/C16H21NO2S/c1-12-4-2-6-14(8-7-12)17-16(19)15-13(5-3-10-18)9-11-20-15/h9,11-12,14,18H,2,4,6-8,10H2,1H3,(H,17,19). The normalized spacial score (nSPS) is 22.5. The summed E-state index contributed by atoms with van der Waals surface area (Å²) in [5, 5.41) is 13.7. The highest BCUT2D eigenvalue weighted by atomic mass is 32.1. The molecule has 0 spiro atoms. The second kappa shape index (κ2) is 7.47. The lowest BCUT2D eigenvalue weighted by atomic mass is 10.0. The van der Waals surface area contributed by atoms with Gasteiger partial charge in [0.1, 0.15) is 11.5 Å². The summed E-state index contributed by atoms with van der Waals surface area (Å²) in [4.78, 5) is 13.0. The monoisotopic (exact) mass is 291 g/mol. The van der Waals surface area contributed by atoms with Crippen LogP contribution in [0.5, 0.6) is 0 Å². The number of carbonyl (C=O) groups is 1. The molecular formula is C16H21NO2S. The van der Waals surface area contributed by atoms with Crippen LogP contribution < -0.4 is 5.32 Å². The van der Waals surface area contributed by atoms with Crippen LogP contribution in [0.15, 0.2) is 11.4 Å². The van der Waals surface area contributed by atoms with Crippen LogP contribution in [0.1, 0.15) is 54.3 Å². The molecule has 1 heterocycles. The van der Waals surface area contributed by atoms with Gasteiger partial charge in [0.25, 0.3) is 5.91 Å². The van der Waals surface area contributed by atoms with Gasteiger partial charge >= 0.3 is 0 Å². The Morgan fingerprint density at radius 2 is 2.30 bits per heavy atom. The second-order valence-electron chi connectivity index (χ2n) is 5.41. The summed E-state index contributed by atoms with van der Waals surface area (Å²) < 4.78 is 0. The van der Waals surface area contributed by atoms with Crippen molar-refractivity contribution >= 4 is 17.2 Å². The first kappa shape index (κ1) is 15.1. The Morgan fingerprint density at radius 3 is 3.10 bits per heavy atom. The maximum Gasteiger partial charge on any atom is 0.262 e. The molecule has 1 saturated carbocycles. The molecule has 1 aromatic rings. The fourth-order valence-corrected chi connectivity index (χ4v) is 3.35. The number of rotatable bonds is 2. The van der Waals surface area contributed by atoms with Gasteiger partial charge in [-0.1, -0.05) is 31.6 Å². The van der Waals surface area contributed by atoms with Crippen LogP contribution in [0.3, 0.4) is 0 Å². The van der Waals surface area contributed by atoms with Crippen molar-refractivity contribution in [2.75, 3.05) is 6.61 Å². The molecule has 2 atom stereocenters. The number of hydrogen-bond donors (Lipinski definition) is 2. The third-order valence-corrected chi connectivity index (χ3v) is 4.68. The van der Waals surface area contributed by atoms with Crippen LogP contribution >= 0.6 is 11.3 Å². The van der Waals surface area contributed by atoms with E-state index in [0.717, 1.165) is 18.8 Å². The van der Waals surface area contributed by atoms with Gasteiger partial charge in [-0.05, 0) is 36.6 Å². The minimum absolute atomic E-state index is 0.0261. The van der Waals surface area contributed by atoms with Crippen molar-refractivity contribution in [3.63, 3.8) is 0 Å². The molecule has 1 aliphatic rings. The predicted molar refractivity (Wildman–Crippen MR) is 81.8 cm³/mol. The minimum atomic E-state index is -0.183. The molecular weight excluding hydrogens is 270 g/mol. The van der Waals surface area contributed by atoms with Gasteiger partial charge in [0.05, 0.1) is 0 Å². The molecule has 2 N–H and O–H groups in total. The van der Waals surface area contributed by atoms with Crippen molar-refractivity contribution in [1.82, 2.24) is 5.32 Å². The molecule has 0 saturated heterocycles. The molecule has 0 aliphatic heterocycles. The smallest absolute Gasteiger partial charge is 0.262 e. The van der Waals surface area contributed by atoms with Gasteiger partial charge in [-0.2, -0.15) is 0 Å². The highest BCUT2D eigenvalue weighted by Gasteiger charge is 2.20. The van der Waals surface area contributed by atoms with Crippen molar-refractivity contribution in [1.29, 1.82) is 0 Å². The average Bonchev–Trinajstić information content (AvgIpc) is 2.81. The molecule has 2 rings (SSSR count). The predicted octanol–water partition coefficient (Wildman–Crippen LogP) is 2.79. The van der Waals surface area contributed by atoms with Gasteiger partial charge in [-0.3, -0.25) is 4.79 Å². The van der Waals surface area contributed by atoms with Crippen molar-refractivity contribution in [2.24, 2.45) is 5.92 Å². The van der Waals surface area contributed by atoms with Crippen LogP contribution in [0.4, 0.5) is 0 Å². The van der Waals surface area contributed by atoms with Crippen molar-refractivity contribution in [2.45, 2.75) is 45.1 Å². The molecule has 2 unspecified atom stereocenters. The molecule has 20 heavy (non-hydrogen) atoms. The first-order valence-electron chi connectivity index (χ1n) is 7.18. The van der Waals surface area contributed by atoms with Crippen LogP contribution in [-0.2, 0) is 0 Å². The Balaban J connectivity index is 1.99. The summed E-state index contributed by atoms with van der Waals surface area (Å²) in [6.07, 6.45) is 5.77.